The average molecular weight is 144 g/mol. The van der Waals surface area contributed by atoms with E-state index in [0.717, 1.165) is 15.7 Å². The van der Waals surface area contributed by atoms with Gasteiger partial charge in [0.15, 0.2) is 0 Å². The van der Waals surface area contributed by atoms with Gasteiger partial charge in [-0.1, -0.05) is 0 Å². The van der Waals surface area contributed by atoms with Crippen LogP contribution < -0.4 is 13.7 Å². The van der Waals surface area contributed by atoms with Gasteiger partial charge in [-0.2, -0.15) is 0 Å². The number of ether oxygens (including phenoxy) is 2. The van der Waals surface area contributed by atoms with Crippen LogP contribution in [0.2, 0.25) is 0 Å². The number of rotatable bonds is 2. The van der Waals surface area contributed by atoms with Crippen LogP contribution >= 0.6 is 0 Å². The van der Waals surface area contributed by atoms with Crippen molar-refractivity contribution in [3.05, 3.63) is 18.2 Å². The molecule has 0 heterocycles. The van der Waals surface area contributed by atoms with Gasteiger partial charge < -0.3 is 0 Å². The van der Waals surface area contributed by atoms with Gasteiger partial charge in [0, 0.05) is 0 Å². The molecule has 0 aliphatic heterocycles. The van der Waals surface area contributed by atoms with Crippen molar-refractivity contribution >= 4 is 22.0 Å². The molecule has 0 aliphatic carbocycles. The molecule has 0 spiro atoms. The van der Waals surface area contributed by atoms with Crippen LogP contribution in [-0.2, 0) is 0 Å². The Morgan fingerprint density at radius 2 is 1.55 bits per heavy atom. The van der Waals surface area contributed by atoms with Crippen molar-refractivity contribution in [2.75, 3.05) is 14.2 Å². The van der Waals surface area contributed by atoms with Crippen molar-refractivity contribution in [1.82, 2.24) is 0 Å². The predicted molar refractivity (Wildman–Crippen MR) is 44.9 cm³/mol. The third kappa shape index (κ3) is 1.71. The van der Waals surface area contributed by atoms with E-state index in [1.54, 1.807) is 14.2 Å². The minimum absolute atomic E-state index is 0.865. The molecule has 1 rings (SSSR count). The molecule has 0 aliphatic rings. The van der Waals surface area contributed by atoms with E-state index in [1.165, 1.54) is 0 Å². The molecule has 0 unspecified atom stereocenters. The summed E-state index contributed by atoms with van der Waals surface area (Å²) in [6.45, 7) is 0. The van der Waals surface area contributed by atoms with E-state index in [0.29, 0.717) is 0 Å². The molecule has 1 aromatic rings. The van der Waals surface area contributed by atoms with E-state index < -0.39 is 0 Å². The van der Waals surface area contributed by atoms with E-state index in [9.17, 15) is 0 Å². The zero-order chi connectivity index (χ0) is 8.27. The fourth-order valence-electron chi connectivity index (χ4n) is 1.04. The Morgan fingerprint density at radius 3 is 1.91 bits per heavy atom. The molecule has 3 heteroatoms. The van der Waals surface area contributed by atoms with Crippen molar-refractivity contribution in [3.63, 3.8) is 0 Å². The van der Waals surface area contributed by atoms with E-state index in [1.807, 2.05) is 35.9 Å². The Kier molecular flexibility index (Phi) is 2.87. The third-order valence-corrected chi connectivity index (χ3v) is 1.67. The van der Waals surface area contributed by atoms with Gasteiger partial charge >= 0.3 is 75.3 Å². The first-order chi connectivity index (χ1) is 5.29. The molecular formula is C8H9LiO2. The molecule has 0 bridgehead atoms. The van der Waals surface area contributed by atoms with Crippen LogP contribution in [0.25, 0.3) is 0 Å². The van der Waals surface area contributed by atoms with Gasteiger partial charge in [0.1, 0.15) is 0 Å². The molecule has 0 fully saturated rings. The van der Waals surface area contributed by atoms with Crippen LogP contribution in [0, 0.1) is 0 Å². The molecule has 0 N–H and O–H groups in total. The Labute approximate surface area is 75.7 Å². The fourth-order valence-corrected chi connectivity index (χ4v) is 1.04. The Bertz CT molecular complexity index is 226. The summed E-state index contributed by atoms with van der Waals surface area (Å²) >= 11 is 1.97. The summed E-state index contributed by atoms with van der Waals surface area (Å²) in [4.78, 5) is 0. The predicted octanol–water partition coefficient (Wildman–Crippen LogP) is 0.498. The normalized spacial score (nSPS) is 9.45. The van der Waals surface area contributed by atoms with Gasteiger partial charge in [-0.15, -0.1) is 0 Å². The molecule has 0 amide bonds. The van der Waals surface area contributed by atoms with Crippen LogP contribution in [0.15, 0.2) is 18.2 Å². The second-order valence-electron chi connectivity index (χ2n) is 2.29. The molecular weight excluding hydrogens is 135 g/mol. The molecule has 11 heavy (non-hydrogen) atoms. The van der Waals surface area contributed by atoms with Crippen LogP contribution in [0.1, 0.15) is 0 Å². The zero-order valence-electron chi connectivity index (χ0n) is 7.05. The third-order valence-electron chi connectivity index (χ3n) is 1.67. The maximum atomic E-state index is 5.11. The van der Waals surface area contributed by atoms with Crippen molar-refractivity contribution in [2.45, 2.75) is 0 Å². The van der Waals surface area contributed by atoms with Gasteiger partial charge in [0.2, 0.25) is 0 Å². The second-order valence-corrected chi connectivity index (χ2v) is 2.29. The molecule has 54 valence electrons. The molecule has 0 saturated carbocycles. The first kappa shape index (κ1) is 8.51. The van der Waals surface area contributed by atoms with Gasteiger partial charge in [-0.05, 0) is 0 Å². The first-order valence-corrected chi connectivity index (χ1v) is 3.47. The molecule has 2 nitrogen and oxygen atoms in total. The summed E-state index contributed by atoms with van der Waals surface area (Å²) in [5, 5.41) is 0. The monoisotopic (exact) mass is 144 g/mol. The first-order valence-electron chi connectivity index (χ1n) is 3.47. The van der Waals surface area contributed by atoms with E-state index in [2.05, 4.69) is 0 Å². The summed E-state index contributed by atoms with van der Waals surface area (Å²) in [5.74, 6) is 1.73. The summed E-state index contributed by atoms with van der Waals surface area (Å²) in [7, 11) is 3.31. The number of hydrogen-bond acceptors (Lipinski definition) is 2. The average Bonchev–Trinajstić information content (AvgIpc) is 2.05. The van der Waals surface area contributed by atoms with Gasteiger partial charge in [0.05, 0.1) is 0 Å². The Hall–Kier alpha value is -0.583. The van der Waals surface area contributed by atoms with Gasteiger partial charge in [-0.25, -0.2) is 0 Å². The summed E-state index contributed by atoms with van der Waals surface area (Å²) < 4.78 is 11.3. The standard InChI is InChI=1S/C8H9O2.Li/c1-9-7-4-3-5-8(6-7)10-2;/h3-5H,1-2H3;. The zero-order valence-corrected chi connectivity index (χ0v) is 7.05. The Balaban J connectivity index is 3.10. The van der Waals surface area contributed by atoms with Crippen molar-refractivity contribution in [1.29, 1.82) is 0 Å². The van der Waals surface area contributed by atoms with Gasteiger partial charge in [-0.3, -0.25) is 0 Å². The van der Waals surface area contributed by atoms with Gasteiger partial charge in [0.25, 0.3) is 0 Å². The quantitative estimate of drug-likeness (QED) is 0.562. The van der Waals surface area contributed by atoms with E-state index in [-0.39, 0.29) is 0 Å². The molecule has 0 atom stereocenters. The van der Waals surface area contributed by atoms with Crippen molar-refractivity contribution in [3.8, 4) is 11.5 Å². The maximum absolute atomic E-state index is 5.11. The summed E-state index contributed by atoms with van der Waals surface area (Å²) in [6.07, 6.45) is 0. The molecule has 0 saturated heterocycles. The van der Waals surface area contributed by atoms with Crippen molar-refractivity contribution in [2.24, 2.45) is 0 Å². The molecule has 0 aromatic heterocycles. The van der Waals surface area contributed by atoms with Crippen LogP contribution in [0.3, 0.4) is 0 Å². The SMILES string of the molecule is [Li][c]1c(OC)cccc1OC. The number of hydrogen-bond donors (Lipinski definition) is 0. The topological polar surface area (TPSA) is 18.5 Å². The van der Waals surface area contributed by atoms with Crippen LogP contribution in [0.5, 0.6) is 11.5 Å². The minimum atomic E-state index is 0.865. The second kappa shape index (κ2) is 3.71. The number of benzene rings is 1. The molecule has 1 aromatic carbocycles. The van der Waals surface area contributed by atoms with Crippen LogP contribution in [0.4, 0.5) is 0 Å². The fraction of sp³-hybridized carbons (Fsp3) is 0.250. The van der Waals surface area contributed by atoms with Crippen LogP contribution in [-0.4, -0.2) is 31.9 Å². The summed E-state index contributed by atoms with van der Waals surface area (Å²) in [5.41, 5.74) is 0. The van der Waals surface area contributed by atoms with E-state index in [4.69, 9.17) is 9.47 Å². The Morgan fingerprint density at radius 1 is 1.09 bits per heavy atom. The van der Waals surface area contributed by atoms with Crippen molar-refractivity contribution < 1.29 is 9.47 Å². The molecule has 0 radical (unpaired) electrons. The summed E-state index contributed by atoms with van der Waals surface area (Å²) in [6, 6.07) is 5.74. The number of methoxy groups -OCH3 is 2. The van der Waals surface area contributed by atoms with E-state index >= 15 is 0 Å².